The van der Waals surface area contributed by atoms with Gasteiger partial charge in [0, 0.05) is 38.1 Å². The quantitative estimate of drug-likeness (QED) is 0.492. The number of likely N-dealkylation sites (N-methyl/N-ethyl adjacent to an activating group) is 1. The second-order valence-electron chi connectivity index (χ2n) is 8.80. The largest absolute Gasteiger partial charge is 0.480 e. The molecule has 0 aromatic carbocycles. The maximum absolute atomic E-state index is 13.1. The molecule has 0 radical (unpaired) electrons. The number of carboxylic acid groups (broad SMARTS) is 1. The first-order valence-electron chi connectivity index (χ1n) is 10.5. The Bertz CT molecular complexity index is 630. The number of likely N-dealkylation sites (tertiary alicyclic amines) is 1. The summed E-state index contributed by atoms with van der Waals surface area (Å²) < 4.78 is 0. The molecule has 1 saturated carbocycles. The van der Waals surface area contributed by atoms with Crippen molar-refractivity contribution < 1.29 is 19.5 Å². The van der Waals surface area contributed by atoms with E-state index >= 15 is 0 Å². The van der Waals surface area contributed by atoms with Crippen molar-refractivity contribution in [2.75, 3.05) is 26.7 Å². The number of carbonyl (C=O) groups is 3. The lowest BCUT2D eigenvalue weighted by atomic mass is 9.84. The van der Waals surface area contributed by atoms with Crippen molar-refractivity contribution in [3.63, 3.8) is 0 Å². The fourth-order valence-electron chi connectivity index (χ4n) is 5.50. The first-order chi connectivity index (χ1) is 13.4. The van der Waals surface area contributed by atoms with Crippen LogP contribution in [0.5, 0.6) is 0 Å². The lowest BCUT2D eigenvalue weighted by Crippen LogP contribution is -2.55. The Morgan fingerprint density at radius 2 is 1.89 bits per heavy atom. The van der Waals surface area contributed by atoms with E-state index in [4.69, 9.17) is 5.11 Å². The summed E-state index contributed by atoms with van der Waals surface area (Å²) in [6.45, 7) is 0.883. The van der Waals surface area contributed by atoms with E-state index < -0.39 is 12.0 Å². The summed E-state index contributed by atoms with van der Waals surface area (Å²) in [6, 6.07) is -0.00994. The van der Waals surface area contributed by atoms with Crippen LogP contribution in [0.15, 0.2) is 0 Å². The molecule has 0 spiro atoms. The molecule has 9 heteroatoms. The van der Waals surface area contributed by atoms with E-state index in [0.29, 0.717) is 25.0 Å². The minimum atomic E-state index is -1.03. The second kappa shape index (κ2) is 7.96. The summed E-state index contributed by atoms with van der Waals surface area (Å²) in [5.41, 5.74) is 6.20. The van der Waals surface area contributed by atoms with Crippen LogP contribution in [0, 0.1) is 11.8 Å². The molecule has 4 fully saturated rings. The Morgan fingerprint density at radius 1 is 1.11 bits per heavy atom. The minimum Gasteiger partial charge on any atom is -0.480 e. The molecule has 9 nitrogen and oxygen atoms in total. The van der Waals surface area contributed by atoms with Gasteiger partial charge >= 0.3 is 5.97 Å². The number of amides is 2. The third-order valence-corrected chi connectivity index (χ3v) is 7.00. The van der Waals surface area contributed by atoms with E-state index in [0.717, 1.165) is 12.8 Å². The fraction of sp³-hybridized carbons (Fsp3) is 0.842. The number of hydrogen-bond donors (Lipinski definition) is 4. The minimum absolute atomic E-state index is 0.0508. The van der Waals surface area contributed by atoms with Gasteiger partial charge in [-0.05, 0) is 31.6 Å². The topological polar surface area (TPSA) is 114 Å². The van der Waals surface area contributed by atoms with Crippen LogP contribution < -0.4 is 16.2 Å². The number of piperidine rings is 1. The number of carboxylic acids is 1. The molecular formula is C19H31N5O4. The molecule has 28 heavy (non-hydrogen) atoms. The summed E-state index contributed by atoms with van der Waals surface area (Å²) in [4.78, 5) is 39.9. The van der Waals surface area contributed by atoms with Crippen LogP contribution in [0.25, 0.3) is 0 Å². The van der Waals surface area contributed by atoms with Crippen molar-refractivity contribution in [2.45, 2.75) is 62.7 Å². The zero-order valence-electron chi connectivity index (χ0n) is 16.4. The predicted octanol–water partition coefficient (Wildman–Crippen LogP) is -0.856. The number of carbonyl (C=O) groups excluding carboxylic acids is 2. The Morgan fingerprint density at radius 3 is 2.64 bits per heavy atom. The third kappa shape index (κ3) is 3.75. The van der Waals surface area contributed by atoms with Gasteiger partial charge < -0.3 is 20.2 Å². The van der Waals surface area contributed by atoms with Crippen LogP contribution >= 0.6 is 0 Å². The predicted molar refractivity (Wildman–Crippen MR) is 101 cm³/mol. The Hall–Kier alpha value is -1.71. The number of nitrogens with zero attached hydrogens (tertiary/aromatic N) is 2. The van der Waals surface area contributed by atoms with E-state index in [1.54, 1.807) is 0 Å². The highest BCUT2D eigenvalue weighted by Gasteiger charge is 2.47. The molecule has 4 aliphatic rings. The standard InChI is InChI=1S/C19H31N5O4/c1-23(10-16(25)26)19(28)17-12-9-24(7-6-14(12)21-22-17)18(27)15-8-11-4-2-3-5-13(11)20-15/h11-15,17,20-22H,2-10H2,1H3,(H,25,26). The van der Waals surface area contributed by atoms with Crippen LogP contribution in [-0.2, 0) is 14.4 Å². The van der Waals surface area contributed by atoms with Crippen LogP contribution in [0.2, 0.25) is 0 Å². The molecule has 4 N–H and O–H groups in total. The summed E-state index contributed by atoms with van der Waals surface area (Å²) >= 11 is 0. The Balaban J connectivity index is 1.38. The van der Waals surface area contributed by atoms with E-state index in [1.807, 2.05) is 4.90 Å². The molecule has 0 aromatic rings. The second-order valence-corrected chi connectivity index (χ2v) is 8.80. The van der Waals surface area contributed by atoms with Gasteiger partial charge in [-0.25, -0.2) is 5.43 Å². The first-order valence-corrected chi connectivity index (χ1v) is 10.5. The Labute approximate surface area is 165 Å². The molecule has 3 saturated heterocycles. The van der Waals surface area contributed by atoms with E-state index in [-0.39, 0.29) is 36.4 Å². The Kier molecular flexibility index (Phi) is 5.57. The molecule has 4 rings (SSSR count). The summed E-state index contributed by atoms with van der Waals surface area (Å²) in [6.07, 6.45) is 6.60. The molecule has 156 valence electrons. The molecule has 3 aliphatic heterocycles. The lowest BCUT2D eigenvalue weighted by Gasteiger charge is -2.37. The number of hydrazine groups is 1. The highest BCUT2D eigenvalue weighted by molar-refractivity contribution is 5.86. The van der Waals surface area contributed by atoms with Gasteiger partial charge in [0.15, 0.2) is 0 Å². The molecular weight excluding hydrogens is 362 g/mol. The summed E-state index contributed by atoms with van der Waals surface area (Å²) in [7, 11) is 1.50. The average Bonchev–Trinajstić information content (AvgIpc) is 3.29. The highest BCUT2D eigenvalue weighted by Crippen LogP contribution is 2.34. The molecule has 6 atom stereocenters. The lowest BCUT2D eigenvalue weighted by molar-refractivity contribution is -0.145. The summed E-state index contributed by atoms with van der Waals surface area (Å²) in [5, 5.41) is 12.5. The summed E-state index contributed by atoms with van der Waals surface area (Å²) in [5.74, 6) is -0.557. The van der Waals surface area contributed by atoms with E-state index in [9.17, 15) is 14.4 Å². The molecule has 1 aliphatic carbocycles. The van der Waals surface area contributed by atoms with Gasteiger partial charge in [-0.3, -0.25) is 19.8 Å². The van der Waals surface area contributed by atoms with E-state index in [1.165, 1.54) is 37.6 Å². The zero-order chi connectivity index (χ0) is 19.8. The third-order valence-electron chi connectivity index (χ3n) is 7.00. The smallest absolute Gasteiger partial charge is 0.323 e. The van der Waals surface area contributed by atoms with Gasteiger partial charge in [-0.2, -0.15) is 0 Å². The molecule has 0 bridgehead atoms. The van der Waals surface area contributed by atoms with Crippen LogP contribution in [-0.4, -0.2) is 83.5 Å². The molecule has 6 unspecified atom stereocenters. The van der Waals surface area contributed by atoms with Gasteiger partial charge in [0.1, 0.15) is 12.6 Å². The zero-order valence-corrected chi connectivity index (χ0v) is 16.4. The highest BCUT2D eigenvalue weighted by atomic mass is 16.4. The van der Waals surface area contributed by atoms with Crippen molar-refractivity contribution in [3.05, 3.63) is 0 Å². The van der Waals surface area contributed by atoms with Crippen LogP contribution in [0.4, 0.5) is 0 Å². The van der Waals surface area contributed by atoms with Crippen molar-refractivity contribution in [2.24, 2.45) is 11.8 Å². The van der Waals surface area contributed by atoms with Gasteiger partial charge in [0.2, 0.25) is 11.8 Å². The average molecular weight is 393 g/mol. The van der Waals surface area contributed by atoms with Gasteiger partial charge in [0.25, 0.3) is 0 Å². The van der Waals surface area contributed by atoms with Crippen molar-refractivity contribution >= 4 is 17.8 Å². The monoisotopic (exact) mass is 393 g/mol. The number of aliphatic carboxylic acids is 1. The van der Waals surface area contributed by atoms with Crippen LogP contribution in [0.3, 0.4) is 0 Å². The van der Waals surface area contributed by atoms with Crippen molar-refractivity contribution in [1.29, 1.82) is 0 Å². The molecule has 0 aromatic heterocycles. The number of nitrogens with one attached hydrogen (secondary N) is 3. The molecule has 3 heterocycles. The van der Waals surface area contributed by atoms with Gasteiger partial charge in [-0.15, -0.1) is 0 Å². The number of fused-ring (bicyclic) bond motifs is 2. The van der Waals surface area contributed by atoms with Gasteiger partial charge in [0.05, 0.1) is 6.04 Å². The SMILES string of the molecule is CN(CC(=O)O)C(=O)C1NNC2CCN(C(=O)C3CC4CCCCC4N3)CC21. The molecule has 2 amide bonds. The van der Waals surface area contributed by atoms with Gasteiger partial charge in [-0.1, -0.05) is 12.8 Å². The maximum atomic E-state index is 13.1. The number of rotatable bonds is 4. The van der Waals surface area contributed by atoms with Crippen LogP contribution in [0.1, 0.15) is 38.5 Å². The maximum Gasteiger partial charge on any atom is 0.323 e. The van der Waals surface area contributed by atoms with Crippen molar-refractivity contribution in [1.82, 2.24) is 26.0 Å². The normalized spacial score (nSPS) is 37.2. The van der Waals surface area contributed by atoms with Crippen molar-refractivity contribution in [3.8, 4) is 0 Å². The number of hydrogen-bond acceptors (Lipinski definition) is 6. The first kappa shape index (κ1) is 19.6. The fourth-order valence-corrected chi connectivity index (χ4v) is 5.50. The van der Waals surface area contributed by atoms with E-state index in [2.05, 4.69) is 16.2 Å².